The van der Waals surface area contributed by atoms with E-state index in [0.29, 0.717) is 11.7 Å². The van der Waals surface area contributed by atoms with Gasteiger partial charge in [0.2, 0.25) is 11.7 Å². The fraction of sp³-hybridized carbons (Fsp3) is 0.278. The van der Waals surface area contributed by atoms with Gasteiger partial charge in [-0.3, -0.25) is 4.79 Å². The van der Waals surface area contributed by atoms with E-state index in [1.165, 1.54) is 11.3 Å². The lowest BCUT2D eigenvalue weighted by molar-refractivity contribution is 0.0566. The summed E-state index contributed by atoms with van der Waals surface area (Å²) in [5.41, 5.74) is 0.916. The highest BCUT2D eigenvalue weighted by atomic mass is 32.1. The number of aromatic nitrogens is 2. The molecule has 3 aromatic rings. The molecule has 0 spiro atoms. The maximum atomic E-state index is 12.8. The van der Waals surface area contributed by atoms with Crippen LogP contribution < -0.4 is 0 Å². The van der Waals surface area contributed by atoms with E-state index in [0.717, 1.165) is 36.2 Å². The van der Waals surface area contributed by atoms with Gasteiger partial charge < -0.3 is 9.42 Å². The molecule has 1 aromatic carbocycles. The van der Waals surface area contributed by atoms with Crippen LogP contribution in [-0.4, -0.2) is 27.5 Å². The number of piperidine rings is 1. The largest absolute Gasteiger partial charge is 0.337 e. The van der Waals surface area contributed by atoms with Crippen molar-refractivity contribution in [2.75, 3.05) is 6.54 Å². The number of carbonyl (C=O) groups excluding carboxylic acids is 1. The lowest BCUT2D eigenvalue weighted by atomic mass is 10.0. The molecule has 4 rings (SSSR count). The van der Waals surface area contributed by atoms with Gasteiger partial charge >= 0.3 is 0 Å². The molecule has 0 N–H and O–H groups in total. The first-order chi connectivity index (χ1) is 11.8. The van der Waals surface area contributed by atoms with Crippen molar-refractivity contribution in [1.82, 2.24) is 15.0 Å². The van der Waals surface area contributed by atoms with Crippen LogP contribution in [0.15, 0.2) is 52.4 Å². The highest BCUT2D eigenvalue weighted by Crippen LogP contribution is 2.32. The standard InChI is InChI=1S/C18H17N3O2S/c22-18(15-10-6-12-24-15)21-11-5-4-9-14(21)17-19-16(20-23-17)13-7-2-1-3-8-13/h1-3,6-8,10,12,14H,4-5,9,11H2. The summed E-state index contributed by atoms with van der Waals surface area (Å²) in [4.78, 5) is 19.9. The molecule has 1 saturated heterocycles. The fourth-order valence-electron chi connectivity index (χ4n) is 3.05. The normalized spacial score (nSPS) is 17.8. The Labute approximate surface area is 143 Å². The Kier molecular flexibility index (Phi) is 4.13. The number of carbonyl (C=O) groups is 1. The van der Waals surface area contributed by atoms with Crippen LogP contribution in [0.4, 0.5) is 0 Å². The third kappa shape index (κ3) is 2.85. The van der Waals surface area contributed by atoms with Crippen molar-refractivity contribution in [2.24, 2.45) is 0 Å². The van der Waals surface area contributed by atoms with Gasteiger partial charge in [-0.15, -0.1) is 11.3 Å². The quantitative estimate of drug-likeness (QED) is 0.719. The van der Waals surface area contributed by atoms with Crippen molar-refractivity contribution < 1.29 is 9.32 Å². The summed E-state index contributed by atoms with van der Waals surface area (Å²) in [5.74, 6) is 1.15. The molecule has 0 radical (unpaired) electrons. The Bertz CT molecular complexity index is 814. The first-order valence-corrected chi connectivity index (χ1v) is 8.94. The smallest absolute Gasteiger partial charge is 0.264 e. The van der Waals surface area contributed by atoms with E-state index in [4.69, 9.17) is 4.52 Å². The van der Waals surface area contributed by atoms with Gasteiger partial charge in [0.05, 0.1) is 4.88 Å². The molecule has 122 valence electrons. The lowest BCUT2D eigenvalue weighted by Gasteiger charge is -2.33. The average Bonchev–Trinajstić information content (AvgIpc) is 3.34. The van der Waals surface area contributed by atoms with Crippen LogP contribution in [0.1, 0.15) is 40.9 Å². The summed E-state index contributed by atoms with van der Waals surface area (Å²) >= 11 is 1.47. The van der Waals surface area contributed by atoms with E-state index in [1.54, 1.807) is 0 Å². The molecule has 1 unspecified atom stereocenters. The molecular formula is C18H17N3O2S. The number of likely N-dealkylation sites (tertiary alicyclic amines) is 1. The highest BCUT2D eigenvalue weighted by molar-refractivity contribution is 7.12. The molecule has 1 atom stereocenters. The van der Waals surface area contributed by atoms with Crippen molar-refractivity contribution >= 4 is 17.2 Å². The average molecular weight is 339 g/mol. The SMILES string of the molecule is O=C(c1cccs1)N1CCCCC1c1nc(-c2ccccc2)no1. The van der Waals surface area contributed by atoms with E-state index in [9.17, 15) is 4.79 Å². The maximum Gasteiger partial charge on any atom is 0.264 e. The number of rotatable bonds is 3. The number of nitrogens with zero attached hydrogens (tertiary/aromatic N) is 3. The minimum atomic E-state index is -0.140. The van der Waals surface area contributed by atoms with Crippen LogP contribution in [-0.2, 0) is 0 Å². The van der Waals surface area contributed by atoms with Crippen LogP contribution in [0.5, 0.6) is 0 Å². The molecule has 1 fully saturated rings. The number of thiophene rings is 1. The van der Waals surface area contributed by atoms with Crippen molar-refractivity contribution in [3.63, 3.8) is 0 Å². The molecule has 24 heavy (non-hydrogen) atoms. The second kappa shape index (κ2) is 6.57. The summed E-state index contributed by atoms with van der Waals surface area (Å²) in [6.07, 6.45) is 2.92. The van der Waals surface area contributed by atoms with Gasteiger partial charge in [0.15, 0.2) is 0 Å². The minimum absolute atomic E-state index is 0.0501. The van der Waals surface area contributed by atoms with Gasteiger partial charge in [0, 0.05) is 12.1 Å². The summed E-state index contributed by atoms with van der Waals surface area (Å²) in [7, 11) is 0. The Hall–Kier alpha value is -2.47. The summed E-state index contributed by atoms with van der Waals surface area (Å²) in [6.45, 7) is 0.727. The van der Waals surface area contributed by atoms with Crippen molar-refractivity contribution in [2.45, 2.75) is 25.3 Å². The lowest BCUT2D eigenvalue weighted by Crippen LogP contribution is -2.38. The predicted molar refractivity (Wildman–Crippen MR) is 91.7 cm³/mol. The van der Waals surface area contributed by atoms with Crippen molar-refractivity contribution in [1.29, 1.82) is 0 Å². The zero-order chi connectivity index (χ0) is 16.4. The summed E-state index contributed by atoms with van der Waals surface area (Å²) in [5, 5.41) is 6.02. The molecule has 2 aromatic heterocycles. The van der Waals surface area contributed by atoms with Gasteiger partial charge in [-0.25, -0.2) is 0 Å². The van der Waals surface area contributed by atoms with Crippen molar-refractivity contribution in [3.8, 4) is 11.4 Å². The van der Waals surface area contributed by atoms with Gasteiger partial charge in [0.1, 0.15) is 6.04 Å². The minimum Gasteiger partial charge on any atom is -0.337 e. The third-order valence-corrected chi connectivity index (χ3v) is 5.11. The molecule has 5 nitrogen and oxygen atoms in total. The monoisotopic (exact) mass is 339 g/mol. The van der Waals surface area contributed by atoms with Gasteiger partial charge in [-0.05, 0) is 30.7 Å². The molecule has 1 aliphatic rings. The Morgan fingerprint density at radius 3 is 2.83 bits per heavy atom. The molecule has 1 aliphatic heterocycles. The molecule has 0 aliphatic carbocycles. The first-order valence-electron chi connectivity index (χ1n) is 8.06. The van der Waals surface area contributed by atoms with Crippen molar-refractivity contribution in [3.05, 3.63) is 58.6 Å². The second-order valence-electron chi connectivity index (χ2n) is 5.81. The predicted octanol–water partition coefficient (Wildman–Crippen LogP) is 4.17. The topological polar surface area (TPSA) is 59.2 Å². The molecule has 3 heterocycles. The van der Waals surface area contributed by atoms with E-state index in [-0.39, 0.29) is 11.9 Å². The highest BCUT2D eigenvalue weighted by Gasteiger charge is 2.33. The number of hydrogen-bond acceptors (Lipinski definition) is 5. The first kappa shape index (κ1) is 15.1. The number of amides is 1. The Balaban J connectivity index is 1.62. The van der Waals surface area contributed by atoms with Crippen LogP contribution in [0.3, 0.4) is 0 Å². The van der Waals surface area contributed by atoms with Gasteiger partial charge in [-0.2, -0.15) is 4.98 Å². The number of hydrogen-bond donors (Lipinski definition) is 0. The second-order valence-corrected chi connectivity index (χ2v) is 6.76. The molecular weight excluding hydrogens is 322 g/mol. The summed E-state index contributed by atoms with van der Waals surface area (Å²) in [6, 6.07) is 13.4. The fourth-order valence-corrected chi connectivity index (χ4v) is 3.73. The van der Waals surface area contributed by atoms with E-state index < -0.39 is 0 Å². The molecule has 0 bridgehead atoms. The zero-order valence-electron chi connectivity index (χ0n) is 13.1. The van der Waals surface area contributed by atoms with Crippen LogP contribution in [0.2, 0.25) is 0 Å². The van der Waals surface area contributed by atoms with E-state index >= 15 is 0 Å². The number of benzene rings is 1. The van der Waals surface area contributed by atoms with Gasteiger partial charge in [-0.1, -0.05) is 41.6 Å². The van der Waals surface area contributed by atoms with Crippen LogP contribution in [0, 0.1) is 0 Å². The Morgan fingerprint density at radius 1 is 1.17 bits per heavy atom. The van der Waals surface area contributed by atoms with Crippen LogP contribution in [0.25, 0.3) is 11.4 Å². The molecule has 1 amide bonds. The Morgan fingerprint density at radius 2 is 2.04 bits per heavy atom. The van der Waals surface area contributed by atoms with Crippen LogP contribution >= 0.6 is 11.3 Å². The molecule has 0 saturated carbocycles. The molecule has 6 heteroatoms. The van der Waals surface area contributed by atoms with Gasteiger partial charge in [0.25, 0.3) is 5.91 Å². The maximum absolute atomic E-state index is 12.8. The van der Waals surface area contributed by atoms with E-state index in [2.05, 4.69) is 10.1 Å². The zero-order valence-corrected chi connectivity index (χ0v) is 13.9. The third-order valence-electron chi connectivity index (χ3n) is 4.25. The summed E-state index contributed by atoms with van der Waals surface area (Å²) < 4.78 is 5.50. The van der Waals surface area contributed by atoms with E-state index in [1.807, 2.05) is 52.7 Å².